The maximum atomic E-state index is 14.2. The van der Waals surface area contributed by atoms with Crippen molar-refractivity contribution in [1.82, 2.24) is 4.90 Å². The molecule has 0 saturated carbocycles. The van der Waals surface area contributed by atoms with Crippen LogP contribution in [0.1, 0.15) is 12.0 Å². The van der Waals surface area contributed by atoms with Crippen LogP contribution in [0.5, 0.6) is 0 Å². The van der Waals surface area contributed by atoms with Crippen molar-refractivity contribution in [2.45, 2.75) is 23.5 Å². The molecule has 2 unspecified atom stereocenters. The summed E-state index contributed by atoms with van der Waals surface area (Å²) in [5.74, 6) is -4.47. The van der Waals surface area contributed by atoms with Gasteiger partial charge < -0.3 is 0 Å². The molecule has 0 radical (unpaired) electrons. The van der Waals surface area contributed by atoms with E-state index >= 15 is 0 Å². The Morgan fingerprint density at radius 2 is 1.88 bits per heavy atom. The molecule has 5 nitrogen and oxygen atoms in total. The van der Waals surface area contributed by atoms with Gasteiger partial charge in [0.05, 0.1) is 0 Å². The number of halogens is 2. The van der Waals surface area contributed by atoms with E-state index in [0.717, 1.165) is 0 Å². The number of rotatable bonds is 7. The second-order valence-electron chi connectivity index (χ2n) is 5.66. The van der Waals surface area contributed by atoms with E-state index in [0.29, 0.717) is 31.9 Å². The predicted molar refractivity (Wildman–Crippen MR) is 86.0 cm³/mol. The van der Waals surface area contributed by atoms with Gasteiger partial charge in [-0.25, -0.2) is 0 Å². The third kappa shape index (κ3) is 5.87. The van der Waals surface area contributed by atoms with Crippen LogP contribution in [0.3, 0.4) is 0 Å². The molecule has 1 aromatic carbocycles. The first-order valence-corrected chi connectivity index (χ1v) is 9.91. The van der Waals surface area contributed by atoms with E-state index in [-0.39, 0.29) is 4.69 Å². The van der Waals surface area contributed by atoms with Crippen molar-refractivity contribution >= 4 is 26.4 Å². The van der Waals surface area contributed by atoms with Crippen LogP contribution < -0.4 is 0 Å². The average molecular weight is 403 g/mol. The number of carbonyl (C=O) groups is 2. The van der Waals surface area contributed by atoms with Gasteiger partial charge in [0.2, 0.25) is 0 Å². The van der Waals surface area contributed by atoms with Crippen LogP contribution in [0, 0.1) is 0 Å². The molecule has 24 heavy (non-hydrogen) atoms. The van der Waals surface area contributed by atoms with E-state index in [9.17, 15) is 23.5 Å². The van der Waals surface area contributed by atoms with Gasteiger partial charge in [-0.1, -0.05) is 0 Å². The molecule has 1 aliphatic rings. The number of nitrogens with zero attached hydrogens (tertiary/aromatic N) is 1. The van der Waals surface area contributed by atoms with Crippen molar-refractivity contribution in [3.8, 4) is 0 Å². The van der Waals surface area contributed by atoms with Gasteiger partial charge in [-0.2, -0.15) is 0 Å². The van der Waals surface area contributed by atoms with E-state index in [1.54, 1.807) is 30.3 Å². The summed E-state index contributed by atoms with van der Waals surface area (Å²) in [6.45, 7) is 1.60. The number of benzene rings is 1. The normalized spacial score (nSPS) is 17.2. The molecule has 1 fully saturated rings. The van der Waals surface area contributed by atoms with Crippen LogP contribution in [0.15, 0.2) is 30.3 Å². The molecule has 1 saturated heterocycles. The van der Waals surface area contributed by atoms with Crippen molar-refractivity contribution in [3.05, 3.63) is 35.9 Å². The minimum atomic E-state index is -3.15. The standard InChI is InChI=1S/C16H20AsF2NO4/c18-16(19,10-12-4-2-1-3-5-12)11-13(14(21)22)17-15(23)20-6-8-24-9-7-20/h1-5,13,17H,6-11H2,(H,21,22). The van der Waals surface area contributed by atoms with Gasteiger partial charge in [-0.3, -0.25) is 0 Å². The number of carboxylic acids is 1. The molecule has 1 heterocycles. The fourth-order valence-corrected chi connectivity index (χ4v) is 5.05. The third-order valence-electron chi connectivity index (χ3n) is 3.70. The second-order valence-corrected chi connectivity index (χ2v) is 8.63. The van der Waals surface area contributed by atoms with Crippen molar-refractivity contribution in [3.63, 3.8) is 0 Å². The minimum absolute atomic E-state index is 0.291. The fourth-order valence-electron chi connectivity index (χ4n) is 2.47. The summed E-state index contributed by atoms with van der Waals surface area (Å²) >= 11 is -1.72. The Balaban J connectivity index is 1.96. The van der Waals surface area contributed by atoms with E-state index < -0.39 is 45.2 Å². The SMILES string of the molecule is O=C(O)C(CC(F)(F)Cc1ccccc1)[AsH]C(=O)N1CCOCC1. The number of aliphatic carboxylic acids is 1. The molecule has 0 aromatic heterocycles. The summed E-state index contributed by atoms with van der Waals surface area (Å²) in [7, 11) is 0. The third-order valence-corrected chi connectivity index (χ3v) is 6.56. The first-order valence-electron chi connectivity index (χ1n) is 7.65. The number of hydrogen-bond acceptors (Lipinski definition) is 3. The van der Waals surface area contributed by atoms with Gasteiger partial charge in [0.15, 0.2) is 0 Å². The zero-order valence-corrected chi connectivity index (χ0v) is 15.2. The maximum absolute atomic E-state index is 14.2. The molecule has 1 aromatic rings. The van der Waals surface area contributed by atoms with E-state index in [1.807, 2.05) is 0 Å². The summed E-state index contributed by atoms with van der Waals surface area (Å²) in [6.07, 6.45) is -1.32. The number of morpholine rings is 1. The number of carbonyl (C=O) groups excluding carboxylic acids is 1. The van der Waals surface area contributed by atoms with Gasteiger partial charge >= 0.3 is 145 Å². The van der Waals surface area contributed by atoms with Crippen LogP contribution in [0.4, 0.5) is 13.6 Å². The Morgan fingerprint density at radius 3 is 2.46 bits per heavy atom. The van der Waals surface area contributed by atoms with Gasteiger partial charge in [0.1, 0.15) is 0 Å². The fraction of sp³-hybridized carbons (Fsp3) is 0.500. The second kappa shape index (κ2) is 8.58. The van der Waals surface area contributed by atoms with Crippen molar-refractivity contribution < 1.29 is 28.2 Å². The molecular formula is C16H20AsF2NO4. The van der Waals surface area contributed by atoms with Crippen molar-refractivity contribution in [2.75, 3.05) is 26.3 Å². The Kier molecular flexibility index (Phi) is 6.75. The topological polar surface area (TPSA) is 66.8 Å². The van der Waals surface area contributed by atoms with E-state index in [1.165, 1.54) is 4.90 Å². The zero-order chi connectivity index (χ0) is 17.6. The van der Waals surface area contributed by atoms with E-state index in [2.05, 4.69) is 0 Å². The Morgan fingerprint density at radius 1 is 1.25 bits per heavy atom. The molecule has 8 heteroatoms. The molecule has 0 bridgehead atoms. The number of hydrogen-bond donors (Lipinski definition) is 1. The first-order chi connectivity index (χ1) is 11.4. The summed E-state index contributed by atoms with van der Waals surface area (Å²) in [5, 5.41) is 9.25. The van der Waals surface area contributed by atoms with Crippen LogP contribution in [-0.2, 0) is 16.0 Å². The van der Waals surface area contributed by atoms with Gasteiger partial charge in [-0.05, 0) is 0 Å². The zero-order valence-electron chi connectivity index (χ0n) is 13.1. The Bertz CT molecular complexity index is 564. The molecule has 2 atom stereocenters. The van der Waals surface area contributed by atoms with Crippen LogP contribution in [0.25, 0.3) is 0 Å². The van der Waals surface area contributed by atoms with Crippen LogP contribution in [-0.4, -0.2) is 68.6 Å². The van der Waals surface area contributed by atoms with E-state index in [4.69, 9.17) is 4.74 Å². The average Bonchev–Trinajstić information content (AvgIpc) is 2.55. The molecule has 1 N–H and O–H groups in total. The molecular weight excluding hydrogens is 383 g/mol. The quantitative estimate of drug-likeness (QED) is 0.708. The predicted octanol–water partition coefficient (Wildman–Crippen LogP) is 2.02. The number of alkyl halides is 2. The summed E-state index contributed by atoms with van der Waals surface area (Å²) in [5.41, 5.74) is 0.450. The van der Waals surface area contributed by atoms with Crippen LogP contribution in [0.2, 0.25) is 4.71 Å². The summed E-state index contributed by atoms with van der Waals surface area (Å²) in [6, 6.07) is 8.22. The van der Waals surface area contributed by atoms with Crippen molar-refractivity contribution in [2.24, 2.45) is 0 Å². The summed E-state index contributed by atoms with van der Waals surface area (Å²) in [4.78, 5) is 25.0. The Hall–Kier alpha value is -1.46. The molecule has 0 aliphatic carbocycles. The summed E-state index contributed by atoms with van der Waals surface area (Å²) < 4.78 is 32.0. The molecule has 1 amide bonds. The number of amides is 1. The van der Waals surface area contributed by atoms with Crippen molar-refractivity contribution in [1.29, 1.82) is 0 Å². The van der Waals surface area contributed by atoms with Gasteiger partial charge in [0.25, 0.3) is 0 Å². The molecule has 1 aliphatic heterocycles. The van der Waals surface area contributed by atoms with Gasteiger partial charge in [0, 0.05) is 0 Å². The Labute approximate surface area is 145 Å². The molecule has 0 spiro atoms. The van der Waals surface area contributed by atoms with Crippen LogP contribution >= 0.6 is 0 Å². The van der Waals surface area contributed by atoms with Gasteiger partial charge in [-0.15, -0.1) is 0 Å². The number of carboxylic acid groups (broad SMARTS) is 1. The monoisotopic (exact) mass is 403 g/mol. The molecule has 132 valence electrons. The number of ether oxygens (including phenoxy) is 1. The first kappa shape index (κ1) is 18.9. The molecule has 2 rings (SSSR count).